The topological polar surface area (TPSA) is 49.8 Å². The third-order valence-electron chi connectivity index (χ3n) is 3.58. The Morgan fingerprint density at radius 3 is 2.48 bits per heavy atom. The number of aromatic hydroxyl groups is 1. The van der Waals surface area contributed by atoms with Gasteiger partial charge in [-0.15, -0.1) is 0 Å². The van der Waals surface area contributed by atoms with Gasteiger partial charge in [-0.1, -0.05) is 17.7 Å². The highest BCUT2D eigenvalue weighted by molar-refractivity contribution is 6.30. The normalized spacial score (nSPS) is 16.9. The molecule has 4 nitrogen and oxygen atoms in total. The van der Waals surface area contributed by atoms with Gasteiger partial charge in [0, 0.05) is 18.1 Å². The summed E-state index contributed by atoms with van der Waals surface area (Å²) in [4.78, 5) is 13.7. The van der Waals surface area contributed by atoms with E-state index >= 15 is 0 Å². The van der Waals surface area contributed by atoms with Crippen LogP contribution in [0.5, 0.6) is 5.75 Å². The van der Waals surface area contributed by atoms with Gasteiger partial charge in [0.2, 0.25) is 0 Å². The molecule has 1 fully saturated rings. The van der Waals surface area contributed by atoms with Crippen LogP contribution in [0.2, 0.25) is 5.02 Å². The number of rotatable bonds is 1. The zero-order valence-corrected chi connectivity index (χ0v) is 13.5. The van der Waals surface area contributed by atoms with Gasteiger partial charge in [-0.2, -0.15) is 0 Å². The van der Waals surface area contributed by atoms with Gasteiger partial charge in [-0.3, -0.25) is 0 Å². The number of hydrogen-bond donors (Lipinski definition) is 1. The fraction of sp³-hybridized carbons (Fsp3) is 0.562. The number of nitrogens with zero attached hydrogens (tertiary/aromatic N) is 1. The summed E-state index contributed by atoms with van der Waals surface area (Å²) in [5.74, 6) is 0.485. The van der Waals surface area contributed by atoms with Crippen LogP contribution in [0.15, 0.2) is 18.2 Å². The first-order valence-corrected chi connectivity index (χ1v) is 7.60. The van der Waals surface area contributed by atoms with Crippen LogP contribution in [-0.4, -0.2) is 34.8 Å². The van der Waals surface area contributed by atoms with Gasteiger partial charge >= 0.3 is 6.09 Å². The minimum atomic E-state index is -0.470. The average molecular weight is 312 g/mol. The minimum absolute atomic E-state index is 0.234. The van der Waals surface area contributed by atoms with Crippen molar-refractivity contribution >= 4 is 17.7 Å². The average Bonchev–Trinajstić information content (AvgIpc) is 2.37. The molecular weight excluding hydrogens is 290 g/mol. The molecule has 0 radical (unpaired) electrons. The van der Waals surface area contributed by atoms with Gasteiger partial charge in [-0.05, 0) is 57.2 Å². The third kappa shape index (κ3) is 4.27. The molecule has 0 aliphatic carbocycles. The highest BCUT2D eigenvalue weighted by Crippen LogP contribution is 2.35. The van der Waals surface area contributed by atoms with Crippen LogP contribution in [0, 0.1) is 0 Å². The summed E-state index contributed by atoms with van der Waals surface area (Å²) < 4.78 is 5.38. The van der Waals surface area contributed by atoms with E-state index in [-0.39, 0.29) is 17.8 Å². The number of halogens is 1. The number of piperidine rings is 1. The highest BCUT2D eigenvalue weighted by Gasteiger charge is 2.28. The molecule has 116 valence electrons. The Kier molecular flexibility index (Phi) is 4.67. The Hall–Kier alpha value is -1.42. The van der Waals surface area contributed by atoms with Crippen molar-refractivity contribution in [1.82, 2.24) is 4.90 Å². The molecule has 0 saturated carbocycles. The number of benzene rings is 1. The predicted octanol–water partition coefficient (Wildman–Crippen LogP) is 4.16. The lowest BCUT2D eigenvalue weighted by atomic mass is 9.89. The first-order valence-electron chi connectivity index (χ1n) is 7.22. The molecule has 0 bridgehead atoms. The van der Waals surface area contributed by atoms with Gasteiger partial charge in [-0.25, -0.2) is 4.79 Å². The Bertz CT molecular complexity index is 517. The van der Waals surface area contributed by atoms with Crippen LogP contribution in [0.25, 0.3) is 0 Å². The quantitative estimate of drug-likeness (QED) is 0.847. The Morgan fingerprint density at radius 2 is 1.95 bits per heavy atom. The van der Waals surface area contributed by atoms with E-state index in [0.29, 0.717) is 18.1 Å². The minimum Gasteiger partial charge on any atom is -0.508 e. The molecular formula is C16H22ClNO3. The lowest BCUT2D eigenvalue weighted by Gasteiger charge is -2.33. The largest absolute Gasteiger partial charge is 0.508 e. The summed E-state index contributed by atoms with van der Waals surface area (Å²) in [5.41, 5.74) is 0.436. The molecule has 1 aliphatic heterocycles. The van der Waals surface area contributed by atoms with E-state index in [4.69, 9.17) is 16.3 Å². The van der Waals surface area contributed by atoms with Crippen LogP contribution in [0.3, 0.4) is 0 Å². The zero-order valence-electron chi connectivity index (χ0n) is 12.7. The fourth-order valence-electron chi connectivity index (χ4n) is 2.56. The molecule has 1 aliphatic rings. The van der Waals surface area contributed by atoms with E-state index in [1.165, 1.54) is 0 Å². The van der Waals surface area contributed by atoms with Crippen molar-refractivity contribution < 1.29 is 14.6 Å². The molecule has 2 rings (SSSR count). The Balaban J connectivity index is 1.95. The second-order valence-electron chi connectivity index (χ2n) is 6.44. The molecule has 0 unspecified atom stereocenters. The molecule has 0 spiro atoms. The van der Waals surface area contributed by atoms with Gasteiger partial charge < -0.3 is 14.7 Å². The Labute approximate surface area is 130 Å². The lowest BCUT2D eigenvalue weighted by Crippen LogP contribution is -2.41. The second-order valence-corrected chi connectivity index (χ2v) is 6.88. The van der Waals surface area contributed by atoms with Crippen molar-refractivity contribution in [2.75, 3.05) is 13.1 Å². The smallest absolute Gasteiger partial charge is 0.410 e. The predicted molar refractivity (Wildman–Crippen MR) is 82.9 cm³/mol. The number of hydrogen-bond acceptors (Lipinski definition) is 3. The number of carbonyl (C=O) groups excluding carboxylic acids is 1. The van der Waals surface area contributed by atoms with E-state index in [0.717, 1.165) is 18.4 Å². The fourth-order valence-corrected chi connectivity index (χ4v) is 2.73. The van der Waals surface area contributed by atoms with E-state index in [1.807, 2.05) is 26.8 Å². The van der Waals surface area contributed by atoms with E-state index < -0.39 is 5.60 Å². The van der Waals surface area contributed by atoms with E-state index in [9.17, 15) is 9.90 Å². The summed E-state index contributed by atoms with van der Waals surface area (Å²) in [6.07, 6.45) is 1.37. The number of amides is 1. The van der Waals surface area contributed by atoms with Gasteiger partial charge in [0.1, 0.15) is 11.4 Å². The van der Waals surface area contributed by atoms with Crippen LogP contribution < -0.4 is 0 Å². The zero-order chi connectivity index (χ0) is 15.6. The van der Waals surface area contributed by atoms with Gasteiger partial charge in [0.05, 0.1) is 0 Å². The van der Waals surface area contributed by atoms with E-state index in [1.54, 1.807) is 17.0 Å². The molecule has 1 heterocycles. The van der Waals surface area contributed by atoms with Crippen LogP contribution in [0.1, 0.15) is 45.1 Å². The molecule has 21 heavy (non-hydrogen) atoms. The number of ether oxygens (including phenoxy) is 1. The monoisotopic (exact) mass is 311 g/mol. The molecule has 1 N–H and O–H groups in total. The SMILES string of the molecule is CC(C)(C)OC(=O)N1CCC(c2ccc(Cl)cc2O)CC1. The maximum atomic E-state index is 12.0. The van der Waals surface area contributed by atoms with Crippen molar-refractivity contribution in [3.8, 4) is 5.75 Å². The molecule has 1 aromatic carbocycles. The molecule has 1 saturated heterocycles. The molecule has 1 aromatic rings. The van der Waals surface area contributed by atoms with Crippen molar-refractivity contribution in [2.24, 2.45) is 0 Å². The number of carbonyl (C=O) groups is 1. The summed E-state index contributed by atoms with van der Waals surface area (Å²) in [6, 6.07) is 5.22. The van der Waals surface area contributed by atoms with Crippen molar-refractivity contribution in [3.63, 3.8) is 0 Å². The lowest BCUT2D eigenvalue weighted by molar-refractivity contribution is 0.0204. The second kappa shape index (κ2) is 6.14. The van der Waals surface area contributed by atoms with Crippen LogP contribution in [0.4, 0.5) is 4.79 Å². The van der Waals surface area contributed by atoms with Crippen molar-refractivity contribution in [3.05, 3.63) is 28.8 Å². The highest BCUT2D eigenvalue weighted by atomic mass is 35.5. The molecule has 5 heteroatoms. The molecule has 0 aromatic heterocycles. The standard InChI is InChI=1S/C16H22ClNO3/c1-16(2,3)21-15(20)18-8-6-11(7-9-18)13-5-4-12(17)10-14(13)19/h4-5,10-11,19H,6-9H2,1-3H3. The summed E-state index contributed by atoms with van der Waals surface area (Å²) >= 11 is 5.85. The van der Waals surface area contributed by atoms with Gasteiger partial charge in [0.25, 0.3) is 0 Å². The number of phenolic OH excluding ortho intramolecular Hbond substituents is 1. The van der Waals surface area contributed by atoms with Crippen LogP contribution >= 0.6 is 11.6 Å². The third-order valence-corrected chi connectivity index (χ3v) is 3.81. The maximum Gasteiger partial charge on any atom is 0.410 e. The maximum absolute atomic E-state index is 12.0. The van der Waals surface area contributed by atoms with E-state index in [2.05, 4.69) is 0 Å². The first kappa shape index (κ1) is 16.0. The number of phenols is 1. The van der Waals surface area contributed by atoms with Crippen LogP contribution in [-0.2, 0) is 4.74 Å². The number of likely N-dealkylation sites (tertiary alicyclic amines) is 1. The Morgan fingerprint density at radius 1 is 1.33 bits per heavy atom. The summed E-state index contributed by atoms with van der Waals surface area (Å²) in [5, 5.41) is 10.5. The first-order chi connectivity index (χ1) is 9.76. The molecule has 0 atom stereocenters. The summed E-state index contributed by atoms with van der Waals surface area (Å²) in [7, 11) is 0. The van der Waals surface area contributed by atoms with Crippen molar-refractivity contribution in [1.29, 1.82) is 0 Å². The summed E-state index contributed by atoms with van der Waals surface area (Å²) in [6.45, 7) is 6.87. The van der Waals surface area contributed by atoms with Crippen molar-refractivity contribution in [2.45, 2.75) is 45.1 Å². The van der Waals surface area contributed by atoms with Gasteiger partial charge in [0.15, 0.2) is 0 Å². The molecule has 1 amide bonds.